The van der Waals surface area contributed by atoms with Crippen LogP contribution >= 0.6 is 0 Å². The summed E-state index contributed by atoms with van der Waals surface area (Å²) in [5.41, 5.74) is 1.63. The van der Waals surface area contributed by atoms with Gasteiger partial charge < -0.3 is 15.4 Å². The highest BCUT2D eigenvalue weighted by Crippen LogP contribution is 2.23. The van der Waals surface area contributed by atoms with Gasteiger partial charge in [0, 0.05) is 6.20 Å². The Morgan fingerprint density at radius 3 is 2.42 bits per heavy atom. The van der Waals surface area contributed by atoms with E-state index in [0.717, 1.165) is 5.56 Å². The van der Waals surface area contributed by atoms with Crippen LogP contribution in [0.2, 0.25) is 0 Å². The quantitative estimate of drug-likeness (QED) is 0.758. The lowest BCUT2D eigenvalue weighted by molar-refractivity contribution is -0.119. The molecule has 0 spiro atoms. The second kappa shape index (κ2) is 9.53. The van der Waals surface area contributed by atoms with E-state index in [9.17, 15) is 9.59 Å². The van der Waals surface area contributed by atoms with Crippen molar-refractivity contribution < 1.29 is 14.3 Å². The number of anilines is 2. The molecule has 0 saturated heterocycles. The third-order valence-corrected chi connectivity index (χ3v) is 3.47. The van der Waals surface area contributed by atoms with Gasteiger partial charge in [-0.15, -0.1) is 0 Å². The minimum Gasteiger partial charge on any atom is -0.492 e. The molecule has 0 unspecified atom stereocenters. The predicted octanol–water partition coefficient (Wildman–Crippen LogP) is 2.30. The monoisotopic (exact) mass is 356 g/mol. The van der Waals surface area contributed by atoms with E-state index in [4.69, 9.17) is 4.74 Å². The summed E-state index contributed by atoms with van der Waals surface area (Å²) in [6.45, 7) is 4.48. The van der Waals surface area contributed by atoms with Gasteiger partial charge in [0.1, 0.15) is 11.6 Å². The predicted molar refractivity (Wildman–Crippen MR) is 101 cm³/mol. The lowest BCUT2D eigenvalue weighted by Gasteiger charge is -2.17. The molecule has 2 amide bonds. The minimum atomic E-state index is -0.230. The Morgan fingerprint density at radius 1 is 1.08 bits per heavy atom. The van der Waals surface area contributed by atoms with Crippen LogP contribution in [0, 0.1) is 6.92 Å². The van der Waals surface area contributed by atoms with E-state index in [-0.39, 0.29) is 24.9 Å². The lowest BCUT2D eigenvalue weighted by Crippen LogP contribution is -2.36. The molecule has 0 aliphatic carbocycles. The van der Waals surface area contributed by atoms with E-state index in [1.54, 1.807) is 36.3 Å². The molecular weight excluding hydrogens is 332 g/mol. The number of aryl methyl sites for hydroxylation is 1. The highest BCUT2D eigenvalue weighted by atomic mass is 16.5. The van der Waals surface area contributed by atoms with Crippen LogP contribution in [-0.4, -0.2) is 48.4 Å². The highest BCUT2D eigenvalue weighted by molar-refractivity contribution is 5.95. The van der Waals surface area contributed by atoms with Crippen molar-refractivity contribution in [2.24, 2.45) is 0 Å². The van der Waals surface area contributed by atoms with Crippen LogP contribution in [0.25, 0.3) is 0 Å². The SMILES string of the molecule is CCOc1ccccc1NC(=O)CN(C)CC(=O)Nc1ccc(C)cn1. The highest BCUT2D eigenvalue weighted by Gasteiger charge is 2.13. The number of amides is 2. The Labute approximate surface area is 153 Å². The van der Waals surface area contributed by atoms with Gasteiger partial charge in [-0.25, -0.2) is 4.98 Å². The number of benzene rings is 1. The number of para-hydroxylation sites is 2. The minimum absolute atomic E-state index is 0.0786. The molecule has 0 atom stereocenters. The summed E-state index contributed by atoms with van der Waals surface area (Å²) >= 11 is 0. The first kappa shape index (κ1) is 19.4. The maximum Gasteiger partial charge on any atom is 0.239 e. The molecule has 0 radical (unpaired) electrons. The van der Waals surface area contributed by atoms with Crippen LogP contribution in [-0.2, 0) is 9.59 Å². The van der Waals surface area contributed by atoms with E-state index in [0.29, 0.717) is 23.9 Å². The molecule has 2 N–H and O–H groups in total. The topological polar surface area (TPSA) is 83.6 Å². The zero-order valence-electron chi connectivity index (χ0n) is 15.3. The molecule has 0 aliphatic heterocycles. The van der Waals surface area contributed by atoms with Crippen LogP contribution in [0.15, 0.2) is 42.6 Å². The van der Waals surface area contributed by atoms with Crippen molar-refractivity contribution in [2.75, 3.05) is 37.4 Å². The fourth-order valence-corrected chi connectivity index (χ4v) is 2.31. The second-order valence-corrected chi connectivity index (χ2v) is 5.92. The number of carbonyl (C=O) groups excluding carboxylic acids is 2. The maximum atomic E-state index is 12.2. The first-order valence-electron chi connectivity index (χ1n) is 8.40. The zero-order valence-corrected chi connectivity index (χ0v) is 15.3. The normalized spacial score (nSPS) is 10.5. The van der Waals surface area contributed by atoms with Crippen LogP contribution in [0.5, 0.6) is 5.75 Å². The number of likely N-dealkylation sites (N-methyl/N-ethyl adjacent to an activating group) is 1. The molecule has 0 bridgehead atoms. The van der Waals surface area contributed by atoms with E-state index in [1.165, 1.54) is 0 Å². The summed E-state index contributed by atoms with van der Waals surface area (Å²) < 4.78 is 5.48. The van der Waals surface area contributed by atoms with Gasteiger partial charge in [0.05, 0.1) is 25.4 Å². The Hall–Kier alpha value is -2.93. The van der Waals surface area contributed by atoms with Crippen molar-refractivity contribution in [3.05, 3.63) is 48.2 Å². The second-order valence-electron chi connectivity index (χ2n) is 5.92. The van der Waals surface area contributed by atoms with Crippen LogP contribution in [0.1, 0.15) is 12.5 Å². The third-order valence-electron chi connectivity index (χ3n) is 3.47. The van der Waals surface area contributed by atoms with Crippen molar-refractivity contribution >= 4 is 23.3 Å². The Balaban J connectivity index is 1.83. The number of ether oxygens (including phenoxy) is 1. The van der Waals surface area contributed by atoms with Gasteiger partial charge in [0.15, 0.2) is 0 Å². The van der Waals surface area contributed by atoms with Gasteiger partial charge in [-0.05, 0) is 44.7 Å². The molecular formula is C19H24N4O3. The summed E-state index contributed by atoms with van der Waals surface area (Å²) in [6, 6.07) is 10.9. The molecule has 7 heteroatoms. The van der Waals surface area contributed by atoms with Gasteiger partial charge in [-0.2, -0.15) is 0 Å². The van der Waals surface area contributed by atoms with E-state index in [1.807, 2.05) is 32.0 Å². The van der Waals surface area contributed by atoms with Gasteiger partial charge >= 0.3 is 0 Å². The van der Waals surface area contributed by atoms with Crippen molar-refractivity contribution in [3.8, 4) is 5.75 Å². The van der Waals surface area contributed by atoms with Crippen LogP contribution < -0.4 is 15.4 Å². The number of pyridine rings is 1. The number of rotatable bonds is 8. The standard InChI is InChI=1S/C19H24N4O3/c1-4-26-16-8-6-5-7-15(16)21-18(24)12-23(3)13-19(25)22-17-10-9-14(2)11-20-17/h5-11H,4,12-13H2,1-3H3,(H,21,24)(H,20,22,25). The Kier molecular flexibility index (Phi) is 7.11. The van der Waals surface area contributed by atoms with Crippen molar-refractivity contribution in [2.45, 2.75) is 13.8 Å². The molecule has 1 aromatic carbocycles. The summed E-state index contributed by atoms with van der Waals surface area (Å²) in [5.74, 6) is 0.658. The average Bonchev–Trinajstić information content (AvgIpc) is 2.58. The first-order valence-corrected chi connectivity index (χ1v) is 8.40. The lowest BCUT2D eigenvalue weighted by atomic mass is 10.3. The van der Waals surface area contributed by atoms with Crippen LogP contribution in [0.4, 0.5) is 11.5 Å². The number of nitrogens with zero attached hydrogens (tertiary/aromatic N) is 2. The number of carbonyl (C=O) groups is 2. The third kappa shape index (κ3) is 6.18. The summed E-state index contributed by atoms with van der Waals surface area (Å²) in [6.07, 6.45) is 1.68. The smallest absolute Gasteiger partial charge is 0.239 e. The van der Waals surface area contributed by atoms with E-state index >= 15 is 0 Å². The van der Waals surface area contributed by atoms with Gasteiger partial charge in [0.2, 0.25) is 11.8 Å². The molecule has 0 aliphatic rings. The number of hydrogen-bond acceptors (Lipinski definition) is 5. The van der Waals surface area contributed by atoms with Crippen molar-refractivity contribution in [1.82, 2.24) is 9.88 Å². The fraction of sp³-hybridized carbons (Fsp3) is 0.316. The molecule has 2 aromatic rings. The largest absolute Gasteiger partial charge is 0.492 e. The molecule has 2 rings (SSSR count). The number of aromatic nitrogens is 1. The summed E-state index contributed by atoms with van der Waals surface area (Å²) in [7, 11) is 1.70. The number of hydrogen-bond donors (Lipinski definition) is 2. The fourth-order valence-electron chi connectivity index (χ4n) is 2.31. The maximum absolute atomic E-state index is 12.2. The molecule has 7 nitrogen and oxygen atoms in total. The number of nitrogens with one attached hydrogen (secondary N) is 2. The first-order chi connectivity index (χ1) is 12.5. The summed E-state index contributed by atoms with van der Waals surface area (Å²) in [5, 5.41) is 5.51. The zero-order chi connectivity index (χ0) is 18.9. The van der Waals surface area contributed by atoms with E-state index in [2.05, 4.69) is 15.6 Å². The van der Waals surface area contributed by atoms with Crippen molar-refractivity contribution in [3.63, 3.8) is 0 Å². The summed E-state index contributed by atoms with van der Waals surface area (Å²) in [4.78, 5) is 30.0. The Morgan fingerprint density at radius 2 is 1.77 bits per heavy atom. The molecule has 0 saturated carbocycles. The van der Waals surface area contributed by atoms with E-state index < -0.39 is 0 Å². The molecule has 0 fully saturated rings. The van der Waals surface area contributed by atoms with Gasteiger partial charge in [-0.1, -0.05) is 18.2 Å². The molecule has 1 heterocycles. The van der Waals surface area contributed by atoms with Crippen LogP contribution in [0.3, 0.4) is 0 Å². The average molecular weight is 356 g/mol. The Bertz CT molecular complexity index is 747. The van der Waals surface area contributed by atoms with Crippen molar-refractivity contribution in [1.29, 1.82) is 0 Å². The molecule has 1 aromatic heterocycles. The molecule has 26 heavy (non-hydrogen) atoms. The molecule has 138 valence electrons. The van der Waals surface area contributed by atoms with Gasteiger partial charge in [0.25, 0.3) is 0 Å². The van der Waals surface area contributed by atoms with Gasteiger partial charge in [-0.3, -0.25) is 14.5 Å².